The number of fused-ring (bicyclic) bond motifs is 1. The Labute approximate surface area is 128 Å². The van der Waals surface area contributed by atoms with Gasteiger partial charge in [0.1, 0.15) is 0 Å². The van der Waals surface area contributed by atoms with Crippen LogP contribution < -0.4 is 0 Å². The maximum atomic E-state index is 4.48. The predicted octanol–water partition coefficient (Wildman–Crippen LogP) is 3.09. The van der Waals surface area contributed by atoms with Crippen LogP contribution in [0.3, 0.4) is 0 Å². The van der Waals surface area contributed by atoms with Gasteiger partial charge in [-0.25, -0.2) is 0 Å². The molecule has 4 heteroatoms. The van der Waals surface area contributed by atoms with Crippen LogP contribution in [-0.2, 0) is 26.4 Å². The third kappa shape index (κ3) is 2.67. The van der Waals surface area contributed by atoms with Gasteiger partial charge in [0, 0.05) is 26.7 Å². The highest BCUT2D eigenvalue weighted by atomic mass is 79.9. The Morgan fingerprint density at radius 2 is 1.75 bits per heavy atom. The Kier molecular flexibility index (Phi) is 3.94. The molecule has 0 fully saturated rings. The third-order valence-corrected chi connectivity index (χ3v) is 5.18. The summed E-state index contributed by atoms with van der Waals surface area (Å²) in [6, 6.07) is 8.83. The molecule has 0 unspecified atom stereocenters. The van der Waals surface area contributed by atoms with E-state index in [0.717, 1.165) is 42.6 Å². The van der Waals surface area contributed by atoms with E-state index in [0.29, 0.717) is 0 Å². The number of halogens is 1. The predicted molar refractivity (Wildman–Crippen MR) is 84.8 cm³/mol. The van der Waals surface area contributed by atoms with Crippen molar-refractivity contribution in [3.63, 3.8) is 0 Å². The Bertz CT molecular complexity index is 591. The maximum absolute atomic E-state index is 4.48. The molecule has 106 valence electrons. The molecule has 0 atom stereocenters. The molecule has 0 saturated heterocycles. The summed E-state index contributed by atoms with van der Waals surface area (Å²) in [6.45, 7) is 5.25. The molecule has 3 nitrogen and oxygen atoms in total. The highest BCUT2D eigenvalue weighted by Crippen LogP contribution is 2.23. The normalized spacial score (nSPS) is 15.9. The fourth-order valence-electron chi connectivity index (χ4n) is 2.94. The second-order valence-corrected chi connectivity index (χ2v) is 6.31. The summed E-state index contributed by atoms with van der Waals surface area (Å²) in [6.07, 6.45) is 2.29. The lowest BCUT2D eigenvalue weighted by Gasteiger charge is -2.20. The second-order valence-electron chi connectivity index (χ2n) is 5.51. The Balaban J connectivity index is 1.74. The zero-order valence-corrected chi connectivity index (χ0v) is 13.7. The minimum atomic E-state index is 0.964. The van der Waals surface area contributed by atoms with Crippen molar-refractivity contribution in [2.24, 2.45) is 7.05 Å². The van der Waals surface area contributed by atoms with Crippen molar-refractivity contribution in [2.45, 2.75) is 26.3 Å². The Morgan fingerprint density at radius 1 is 1.15 bits per heavy atom. The summed E-state index contributed by atoms with van der Waals surface area (Å²) in [4.78, 5) is 2.53. The van der Waals surface area contributed by atoms with Gasteiger partial charge >= 0.3 is 0 Å². The molecule has 2 heterocycles. The number of benzene rings is 1. The van der Waals surface area contributed by atoms with Gasteiger partial charge in [-0.3, -0.25) is 9.58 Å². The molecule has 0 spiro atoms. The van der Waals surface area contributed by atoms with Gasteiger partial charge in [-0.15, -0.1) is 0 Å². The van der Waals surface area contributed by atoms with Crippen LogP contribution in [0.2, 0.25) is 0 Å². The first-order valence-electron chi connectivity index (χ1n) is 7.12. The molecule has 1 aromatic heterocycles. The van der Waals surface area contributed by atoms with E-state index in [9.17, 15) is 0 Å². The lowest BCUT2D eigenvalue weighted by molar-refractivity contribution is 0.271. The van der Waals surface area contributed by atoms with E-state index >= 15 is 0 Å². The van der Waals surface area contributed by atoms with Crippen LogP contribution in [0.4, 0.5) is 0 Å². The van der Waals surface area contributed by atoms with Crippen molar-refractivity contribution in [2.75, 3.05) is 13.1 Å². The average Bonchev–Trinajstić information content (AvgIpc) is 2.63. The molecule has 0 radical (unpaired) electrons. The van der Waals surface area contributed by atoms with E-state index in [-0.39, 0.29) is 0 Å². The smallest absolute Gasteiger partial charge is 0.0739 e. The van der Waals surface area contributed by atoms with Gasteiger partial charge in [0.2, 0.25) is 0 Å². The van der Waals surface area contributed by atoms with Crippen molar-refractivity contribution >= 4 is 15.9 Å². The van der Waals surface area contributed by atoms with E-state index in [4.69, 9.17) is 0 Å². The summed E-state index contributed by atoms with van der Waals surface area (Å²) in [5.74, 6) is 0. The topological polar surface area (TPSA) is 21.1 Å². The van der Waals surface area contributed by atoms with Gasteiger partial charge in [0.05, 0.1) is 15.9 Å². The van der Waals surface area contributed by atoms with Crippen LogP contribution >= 0.6 is 15.9 Å². The van der Waals surface area contributed by atoms with E-state index in [2.05, 4.69) is 50.2 Å². The van der Waals surface area contributed by atoms with Crippen molar-refractivity contribution in [1.82, 2.24) is 14.7 Å². The summed E-state index contributed by atoms with van der Waals surface area (Å²) in [5.41, 5.74) is 5.36. The van der Waals surface area contributed by atoms with Crippen LogP contribution in [0.5, 0.6) is 0 Å². The fourth-order valence-corrected chi connectivity index (χ4v) is 3.40. The third-order valence-electron chi connectivity index (χ3n) is 4.15. The van der Waals surface area contributed by atoms with Crippen molar-refractivity contribution in [3.8, 4) is 0 Å². The van der Waals surface area contributed by atoms with Crippen molar-refractivity contribution in [3.05, 3.63) is 51.3 Å². The SMILES string of the molecule is Cc1nn(C)c(CN2CCc3ccccc3CC2)c1Br. The first kappa shape index (κ1) is 13.8. The van der Waals surface area contributed by atoms with Crippen LogP contribution in [0.25, 0.3) is 0 Å². The summed E-state index contributed by atoms with van der Waals surface area (Å²) in [5, 5.41) is 4.48. The van der Waals surface area contributed by atoms with Crippen LogP contribution in [0.1, 0.15) is 22.5 Å². The molecule has 3 rings (SSSR count). The van der Waals surface area contributed by atoms with E-state index < -0.39 is 0 Å². The highest BCUT2D eigenvalue weighted by Gasteiger charge is 2.17. The van der Waals surface area contributed by atoms with E-state index in [1.54, 1.807) is 0 Å². The first-order chi connectivity index (χ1) is 9.65. The number of nitrogens with zero attached hydrogens (tertiary/aromatic N) is 3. The Hall–Kier alpha value is -1.13. The number of aryl methyl sites for hydroxylation is 2. The lowest BCUT2D eigenvalue weighted by atomic mass is 10.0. The van der Waals surface area contributed by atoms with Crippen molar-refractivity contribution in [1.29, 1.82) is 0 Å². The molecular formula is C16H20BrN3. The average molecular weight is 334 g/mol. The summed E-state index contributed by atoms with van der Waals surface area (Å²) in [7, 11) is 2.03. The largest absolute Gasteiger partial charge is 0.297 e. The molecule has 0 aliphatic carbocycles. The van der Waals surface area contributed by atoms with Crippen LogP contribution in [0.15, 0.2) is 28.7 Å². The van der Waals surface area contributed by atoms with Gasteiger partial charge < -0.3 is 0 Å². The quantitative estimate of drug-likeness (QED) is 0.842. The van der Waals surface area contributed by atoms with Crippen LogP contribution in [0, 0.1) is 6.92 Å². The molecule has 1 aliphatic rings. The highest BCUT2D eigenvalue weighted by molar-refractivity contribution is 9.10. The van der Waals surface area contributed by atoms with Gasteiger partial charge in [-0.1, -0.05) is 24.3 Å². The molecule has 1 aliphatic heterocycles. The minimum absolute atomic E-state index is 0.964. The standard InChI is InChI=1S/C16H20BrN3/c1-12-16(17)15(19(2)18-12)11-20-9-7-13-5-3-4-6-14(13)8-10-20/h3-6H,7-11H2,1-2H3. The molecule has 0 saturated carbocycles. The zero-order chi connectivity index (χ0) is 14.1. The van der Waals surface area contributed by atoms with Gasteiger partial charge in [0.25, 0.3) is 0 Å². The first-order valence-corrected chi connectivity index (χ1v) is 7.91. The maximum Gasteiger partial charge on any atom is 0.0739 e. The molecule has 0 N–H and O–H groups in total. The monoisotopic (exact) mass is 333 g/mol. The number of aromatic nitrogens is 2. The lowest BCUT2D eigenvalue weighted by Crippen LogP contribution is -2.27. The fraction of sp³-hybridized carbons (Fsp3) is 0.438. The minimum Gasteiger partial charge on any atom is -0.297 e. The van der Waals surface area contributed by atoms with Gasteiger partial charge in [-0.2, -0.15) is 5.10 Å². The van der Waals surface area contributed by atoms with Gasteiger partial charge in [0.15, 0.2) is 0 Å². The Morgan fingerprint density at radius 3 is 2.25 bits per heavy atom. The molecule has 20 heavy (non-hydrogen) atoms. The molecule has 2 aromatic rings. The van der Waals surface area contributed by atoms with E-state index in [1.807, 2.05) is 18.7 Å². The number of hydrogen-bond acceptors (Lipinski definition) is 2. The molecule has 0 amide bonds. The number of rotatable bonds is 2. The number of hydrogen-bond donors (Lipinski definition) is 0. The second kappa shape index (κ2) is 5.70. The summed E-state index contributed by atoms with van der Waals surface area (Å²) < 4.78 is 3.15. The molecular weight excluding hydrogens is 314 g/mol. The zero-order valence-electron chi connectivity index (χ0n) is 12.1. The van der Waals surface area contributed by atoms with Crippen molar-refractivity contribution < 1.29 is 0 Å². The molecule has 1 aromatic carbocycles. The van der Waals surface area contributed by atoms with Gasteiger partial charge in [-0.05, 0) is 46.8 Å². The van der Waals surface area contributed by atoms with E-state index in [1.165, 1.54) is 16.8 Å². The van der Waals surface area contributed by atoms with Crippen LogP contribution in [-0.4, -0.2) is 27.8 Å². The summed E-state index contributed by atoms with van der Waals surface area (Å²) >= 11 is 3.67. The molecule has 0 bridgehead atoms.